The molecule has 8 aromatic rings. The molecule has 6 heterocycles. The van der Waals surface area contributed by atoms with E-state index in [4.69, 9.17) is 0 Å². The zero-order valence-electron chi connectivity index (χ0n) is 37.9. The maximum Gasteiger partial charge on any atom is 0.331 e. The molecule has 0 fully saturated rings. The molecule has 0 unspecified atom stereocenters. The zero-order valence-corrected chi connectivity index (χ0v) is 37.9. The Balaban J connectivity index is 0.000000156. The number of imidazole rings is 1. The van der Waals surface area contributed by atoms with Crippen LogP contribution in [0.15, 0.2) is 109 Å². The smallest absolute Gasteiger partial charge is 0.311 e. The largest absolute Gasteiger partial charge is 0.331 e. The topological polar surface area (TPSA) is 141 Å². The fourth-order valence-corrected chi connectivity index (χ4v) is 7.67. The molecule has 6 aromatic heterocycles. The number of nitrogens with zero attached hydrogens (tertiary/aromatic N) is 8. The minimum atomic E-state index is -0.305. The van der Waals surface area contributed by atoms with E-state index >= 15 is 0 Å². The van der Waals surface area contributed by atoms with Crippen LogP contribution in [0, 0.1) is 12.7 Å². The zero-order chi connectivity index (χ0) is 45.9. The van der Waals surface area contributed by atoms with Crippen LogP contribution in [0.5, 0.6) is 0 Å². The molecule has 0 amide bonds. The highest BCUT2D eigenvalue weighted by Crippen LogP contribution is 2.24. The quantitative estimate of drug-likeness (QED) is 0.176. The van der Waals surface area contributed by atoms with Gasteiger partial charge in [-0.25, -0.2) is 19.0 Å². The lowest BCUT2D eigenvalue weighted by atomic mass is 9.96. The first-order valence-electron chi connectivity index (χ1n) is 20.7. The molecule has 0 spiro atoms. The summed E-state index contributed by atoms with van der Waals surface area (Å²) in [5.74, 6) is 0.142. The van der Waals surface area contributed by atoms with Crippen molar-refractivity contribution in [2.24, 2.45) is 28.2 Å². The van der Waals surface area contributed by atoms with Crippen molar-refractivity contribution in [2.75, 3.05) is 0 Å². The fourth-order valence-electron chi connectivity index (χ4n) is 7.67. The van der Waals surface area contributed by atoms with E-state index in [1.54, 1.807) is 63.9 Å². The van der Waals surface area contributed by atoms with Gasteiger partial charge in [-0.15, -0.1) is 0 Å². The Morgan fingerprint density at radius 3 is 1.77 bits per heavy atom. The number of aryl methyl sites for hydroxylation is 5. The average Bonchev–Trinajstić information content (AvgIpc) is 3.49. The van der Waals surface area contributed by atoms with E-state index in [1.165, 1.54) is 27.5 Å². The monoisotopic (exact) mass is 844 g/mol. The first-order valence-corrected chi connectivity index (χ1v) is 20.7. The van der Waals surface area contributed by atoms with E-state index in [1.807, 2.05) is 112 Å². The molecule has 2 aromatic carbocycles. The number of benzene rings is 2. The number of hydrogen-bond donors (Lipinski definition) is 0. The van der Waals surface area contributed by atoms with Gasteiger partial charge in [0.25, 0.3) is 16.7 Å². The molecule has 0 atom stereocenters. The van der Waals surface area contributed by atoms with Crippen LogP contribution in [0.25, 0.3) is 43.9 Å². The highest BCUT2D eigenvalue weighted by atomic mass is 19.1. The van der Waals surface area contributed by atoms with Gasteiger partial charge in [-0.1, -0.05) is 45.9 Å². The SMILES string of the molecule is CC(C)c1cc2ccccc2n(C)c1=O.CC(C)n1c(=O)c2ccncc2n(C)c1=O.CC(C)n1c(=O)n(C)c2cccnc21.Cc1c(C(C)C)c(=O)n(C)c2ccc(F)cc12. The molecule has 0 saturated carbocycles. The number of para-hydroxylation sites is 1. The number of rotatable bonds is 4. The maximum absolute atomic E-state index is 13.3. The van der Waals surface area contributed by atoms with Gasteiger partial charge in [0.1, 0.15) is 5.82 Å². The summed E-state index contributed by atoms with van der Waals surface area (Å²) in [4.78, 5) is 68.2. The molecular weight excluding hydrogens is 788 g/mol. The first-order chi connectivity index (χ1) is 29.2. The Bertz CT molecular complexity index is 3240. The second-order valence-electron chi connectivity index (χ2n) is 16.6. The summed E-state index contributed by atoms with van der Waals surface area (Å²) in [5.41, 5.74) is 6.07. The lowest BCUT2D eigenvalue weighted by Crippen LogP contribution is -2.40. The Labute approximate surface area is 359 Å². The van der Waals surface area contributed by atoms with E-state index in [0.717, 1.165) is 49.7 Å². The molecule has 0 bridgehead atoms. The molecule has 0 saturated heterocycles. The molecule has 326 valence electrons. The van der Waals surface area contributed by atoms with Gasteiger partial charge in [-0.3, -0.25) is 37.6 Å². The summed E-state index contributed by atoms with van der Waals surface area (Å²) in [6.45, 7) is 17.5. The van der Waals surface area contributed by atoms with Gasteiger partial charge in [-0.05, 0) is 106 Å². The first kappa shape index (κ1) is 46.4. The maximum atomic E-state index is 13.3. The van der Waals surface area contributed by atoms with Gasteiger partial charge >= 0.3 is 11.4 Å². The predicted octanol–water partition coefficient (Wildman–Crippen LogP) is 7.76. The van der Waals surface area contributed by atoms with E-state index in [-0.39, 0.29) is 57.8 Å². The Morgan fingerprint density at radius 2 is 1.15 bits per heavy atom. The van der Waals surface area contributed by atoms with Crippen molar-refractivity contribution in [3.8, 4) is 0 Å². The summed E-state index contributed by atoms with van der Waals surface area (Å²) in [6.07, 6.45) is 4.79. The molecule has 0 aliphatic carbocycles. The lowest BCUT2D eigenvalue weighted by Gasteiger charge is -2.15. The van der Waals surface area contributed by atoms with Crippen molar-refractivity contribution in [3.63, 3.8) is 0 Å². The van der Waals surface area contributed by atoms with E-state index in [2.05, 4.69) is 9.97 Å². The van der Waals surface area contributed by atoms with E-state index < -0.39 is 0 Å². The van der Waals surface area contributed by atoms with Gasteiger partial charge in [-0.2, -0.15) is 0 Å². The normalized spacial score (nSPS) is 11.3. The molecule has 0 N–H and O–H groups in total. The number of aromatic nitrogens is 8. The highest BCUT2D eigenvalue weighted by molar-refractivity contribution is 5.84. The Hall–Kier alpha value is -6.70. The summed E-state index contributed by atoms with van der Waals surface area (Å²) in [7, 11) is 6.97. The van der Waals surface area contributed by atoms with Crippen molar-refractivity contribution < 1.29 is 4.39 Å². The molecule has 13 nitrogen and oxygen atoms in total. The van der Waals surface area contributed by atoms with Crippen LogP contribution in [0.2, 0.25) is 0 Å². The van der Waals surface area contributed by atoms with Gasteiger partial charge in [0.15, 0.2) is 5.65 Å². The third-order valence-corrected chi connectivity index (χ3v) is 11.0. The Kier molecular flexibility index (Phi) is 14.1. The number of pyridine rings is 4. The van der Waals surface area contributed by atoms with Crippen LogP contribution in [0.4, 0.5) is 4.39 Å². The van der Waals surface area contributed by atoms with Crippen molar-refractivity contribution in [1.82, 2.24) is 37.4 Å². The van der Waals surface area contributed by atoms with Crippen LogP contribution < -0.4 is 28.1 Å². The molecule has 0 aliphatic heterocycles. The van der Waals surface area contributed by atoms with E-state index in [0.29, 0.717) is 10.9 Å². The minimum Gasteiger partial charge on any atom is -0.311 e. The van der Waals surface area contributed by atoms with Gasteiger partial charge < -0.3 is 9.13 Å². The van der Waals surface area contributed by atoms with Crippen molar-refractivity contribution >= 4 is 43.9 Å². The molecule has 8 rings (SSSR count). The Morgan fingerprint density at radius 1 is 0.548 bits per heavy atom. The summed E-state index contributed by atoms with van der Waals surface area (Å²) in [6, 6.07) is 19.9. The number of halogens is 1. The van der Waals surface area contributed by atoms with E-state index in [9.17, 15) is 28.4 Å². The van der Waals surface area contributed by atoms with Gasteiger partial charge in [0.05, 0.1) is 33.6 Å². The third-order valence-electron chi connectivity index (χ3n) is 11.0. The highest BCUT2D eigenvalue weighted by Gasteiger charge is 2.16. The molecule has 62 heavy (non-hydrogen) atoms. The van der Waals surface area contributed by atoms with Crippen LogP contribution in [0.3, 0.4) is 0 Å². The minimum absolute atomic E-state index is 0.00583. The summed E-state index contributed by atoms with van der Waals surface area (Å²) >= 11 is 0. The molecule has 14 heteroatoms. The van der Waals surface area contributed by atoms with Crippen molar-refractivity contribution in [2.45, 2.75) is 86.2 Å². The average molecular weight is 845 g/mol. The van der Waals surface area contributed by atoms with Crippen LogP contribution in [-0.2, 0) is 28.2 Å². The third kappa shape index (κ3) is 9.00. The van der Waals surface area contributed by atoms with Gasteiger partial charge in [0, 0.05) is 69.2 Å². The van der Waals surface area contributed by atoms with Gasteiger partial charge in [0.2, 0.25) is 0 Å². The second kappa shape index (κ2) is 18.9. The second-order valence-corrected chi connectivity index (χ2v) is 16.6. The van der Waals surface area contributed by atoms with Crippen molar-refractivity contribution in [1.29, 1.82) is 0 Å². The van der Waals surface area contributed by atoms with Crippen LogP contribution in [0.1, 0.15) is 96.0 Å². The van der Waals surface area contributed by atoms with Crippen LogP contribution in [-0.4, -0.2) is 37.4 Å². The molecule has 0 radical (unpaired) electrons. The standard InChI is InChI=1S/C14H16FNO.C13H15NO.C11H13N3O2.C10H13N3O/c1-8(2)13-9(3)11-7-10(15)5-6-12(11)16(4)14(13)17;1-9(2)11-8-10-6-4-5-7-12(10)14(3)13(11)15;1-7(2)14-10(15)8-4-5-12-6-9(8)13(3)11(14)16;1-7(2)13-9-8(5-4-6-11-9)12(3)10(13)14/h5-8H,1-4H3;4-9H,1-3H3;4-7H,1-3H3;4-7H,1-3H3. The van der Waals surface area contributed by atoms with Crippen LogP contribution >= 0.6 is 0 Å². The lowest BCUT2D eigenvalue weighted by molar-refractivity contribution is 0.532. The number of hydrogen-bond acceptors (Lipinski definition) is 7. The van der Waals surface area contributed by atoms with Crippen molar-refractivity contribution in [3.05, 3.63) is 160 Å². The number of fused-ring (bicyclic) bond motifs is 4. The molecule has 0 aliphatic rings. The summed E-state index contributed by atoms with van der Waals surface area (Å²) in [5, 5.41) is 2.46. The fraction of sp³-hybridized carbons (Fsp3) is 0.354. The summed E-state index contributed by atoms with van der Waals surface area (Å²) < 4.78 is 22.6. The predicted molar refractivity (Wildman–Crippen MR) is 248 cm³/mol. The molecular formula is C48H57FN8O5.